The number of carbonyl (C=O) groups excluding carboxylic acids is 2. The number of hydrogen-bond acceptors (Lipinski definition) is 17. The van der Waals surface area contributed by atoms with Crippen molar-refractivity contribution in [1.82, 2.24) is 0 Å². The van der Waals surface area contributed by atoms with E-state index >= 15 is 0 Å². The molecule has 59 heavy (non-hydrogen) atoms. The minimum absolute atomic E-state index is 0.0369. The largest absolute Gasteiger partial charge is 0.494 e. The Morgan fingerprint density at radius 2 is 1.05 bits per heavy atom. The van der Waals surface area contributed by atoms with Gasteiger partial charge in [0, 0.05) is 11.3 Å². The van der Waals surface area contributed by atoms with Gasteiger partial charge in [-0.2, -0.15) is 43.9 Å². The number of Topliss-reactive ketones (excluding diaryl/α,β-unsaturated/α-hetero) is 2. The molecule has 0 spiro atoms. The van der Waals surface area contributed by atoms with Gasteiger partial charge in [-0.15, -0.1) is 0 Å². The molecule has 2 aliphatic carbocycles. The lowest BCUT2D eigenvalue weighted by molar-refractivity contribution is -0.109. The highest BCUT2D eigenvalue weighted by atomic mass is 32.2. The average molecular weight is 890 g/mol. The zero-order valence-electron chi connectivity index (χ0n) is 29.8. The third kappa shape index (κ3) is 8.47. The molecule has 0 fully saturated rings. The van der Waals surface area contributed by atoms with Crippen molar-refractivity contribution in [2.45, 2.75) is 9.79 Å². The Hall–Kier alpha value is -6.32. The molecule has 0 saturated carbocycles. The number of carbonyl (C=O) groups is 2. The molecule has 0 heterocycles. The Kier molecular flexibility index (Phi) is 10.8. The summed E-state index contributed by atoms with van der Waals surface area (Å²) in [5, 5.41) is 7.95. The molecule has 0 aromatic heterocycles. The van der Waals surface area contributed by atoms with Crippen molar-refractivity contribution in [2.75, 3.05) is 30.8 Å². The molecule has 0 saturated heterocycles. The van der Waals surface area contributed by atoms with Gasteiger partial charge in [0.15, 0.2) is 5.71 Å². The molecule has 0 radical (unpaired) electrons. The van der Waals surface area contributed by atoms with Crippen LogP contribution in [0, 0.1) is 0 Å². The lowest BCUT2D eigenvalue weighted by atomic mass is 9.93. The Labute approximate surface area is 334 Å². The van der Waals surface area contributed by atoms with Crippen LogP contribution in [0.3, 0.4) is 0 Å². The summed E-state index contributed by atoms with van der Waals surface area (Å²) >= 11 is 0. The number of rotatable bonds is 11. The highest BCUT2D eigenvalue weighted by molar-refractivity contribution is 7.91. The Bertz CT molecular complexity index is 3120. The van der Waals surface area contributed by atoms with Crippen molar-refractivity contribution < 1.29 is 70.9 Å². The number of nitrogens with two attached hydrogens (primary N) is 1. The molecule has 8 N–H and O–H groups in total. The lowest BCUT2D eigenvalue weighted by Gasteiger charge is -2.19. The normalized spacial score (nSPS) is 15.9. The van der Waals surface area contributed by atoms with Gasteiger partial charge in [-0.05, 0) is 82.9 Å². The number of methoxy groups -OCH3 is 2. The van der Waals surface area contributed by atoms with Crippen molar-refractivity contribution in [3.8, 4) is 22.6 Å². The van der Waals surface area contributed by atoms with Crippen LogP contribution in [0.2, 0.25) is 0 Å². The minimum atomic E-state index is -5.15. The Balaban J connectivity index is 1.31. The predicted molar refractivity (Wildman–Crippen MR) is 212 cm³/mol. The summed E-state index contributed by atoms with van der Waals surface area (Å²) in [7, 11) is -17.2. The number of allylic oxidation sites excluding steroid dienone is 2. The fourth-order valence-corrected chi connectivity index (χ4v) is 8.20. The maximum atomic E-state index is 13.4. The number of hydrazone groups is 2. The molecule has 2 aliphatic rings. The van der Waals surface area contributed by atoms with Crippen LogP contribution in [0.25, 0.3) is 23.3 Å². The van der Waals surface area contributed by atoms with Crippen molar-refractivity contribution >= 4 is 92.7 Å². The number of ether oxygens (including phenoxy) is 2. The first-order valence-corrected chi connectivity index (χ1v) is 21.7. The summed E-state index contributed by atoms with van der Waals surface area (Å²) in [5.74, 6) is -2.09. The van der Waals surface area contributed by atoms with E-state index in [0.29, 0.717) is 11.1 Å². The second-order valence-electron chi connectivity index (χ2n) is 12.3. The van der Waals surface area contributed by atoms with Crippen molar-refractivity contribution in [3.05, 3.63) is 98.8 Å². The number of nitrogens with one attached hydrogen (secondary N) is 2. The number of anilines is 3. The zero-order chi connectivity index (χ0) is 43.4. The standard InChI is InChI=1S/C34H27N5O16S4/c1-54-26-11-16(3-7-24(26)36-38-31-22-6-5-20(56(42,43)44)9-18(22)13-29(33(31)40)59(51,52)53)17-4-8-25(27(12-17)55-2)37-39-32-28(58(48,49)50)14-19-10-21(57(45,46)47)15-23(35)30(19)34(32)41/h3-15,36-37H,35H2,1-2H3,(H,42,43,44)(H,45,46,47)(H,48,49,50)(H,51,52,53)/b38-31+,39-32+. The van der Waals surface area contributed by atoms with Gasteiger partial charge in [0.2, 0.25) is 11.6 Å². The van der Waals surface area contributed by atoms with E-state index < -0.39 is 88.8 Å². The van der Waals surface area contributed by atoms with Crippen LogP contribution >= 0.6 is 0 Å². The predicted octanol–water partition coefficient (Wildman–Crippen LogP) is 2.97. The molecule has 6 rings (SSSR count). The van der Waals surface area contributed by atoms with E-state index in [9.17, 15) is 61.5 Å². The molecule has 0 atom stereocenters. The van der Waals surface area contributed by atoms with Crippen LogP contribution in [-0.4, -0.2) is 89.1 Å². The first kappa shape index (κ1) is 42.3. The van der Waals surface area contributed by atoms with Crippen LogP contribution in [0.15, 0.2) is 96.5 Å². The fourth-order valence-electron chi connectivity index (χ4n) is 5.87. The van der Waals surface area contributed by atoms with Crippen molar-refractivity contribution in [1.29, 1.82) is 0 Å². The summed E-state index contributed by atoms with van der Waals surface area (Å²) in [6.07, 6.45) is 1.50. The zero-order valence-corrected chi connectivity index (χ0v) is 33.1. The summed E-state index contributed by atoms with van der Waals surface area (Å²) in [4.78, 5) is 23.1. The van der Waals surface area contributed by atoms with Gasteiger partial charge >= 0.3 is 0 Å². The van der Waals surface area contributed by atoms with Crippen LogP contribution in [0.1, 0.15) is 27.0 Å². The van der Waals surface area contributed by atoms with Gasteiger partial charge in [0.1, 0.15) is 27.0 Å². The molecule has 25 heteroatoms. The molecule has 0 amide bonds. The molecular formula is C34H27N5O16S4. The fraction of sp³-hybridized carbons (Fsp3) is 0.0588. The summed E-state index contributed by atoms with van der Waals surface area (Å²) in [5.41, 5.74) is 9.57. The molecule has 0 aliphatic heterocycles. The molecule has 21 nitrogen and oxygen atoms in total. The number of ketones is 2. The topological polar surface area (TPSA) is 345 Å². The third-order valence-electron chi connectivity index (χ3n) is 8.60. The highest BCUT2D eigenvalue weighted by Crippen LogP contribution is 2.37. The Morgan fingerprint density at radius 1 is 0.559 bits per heavy atom. The van der Waals surface area contributed by atoms with Crippen LogP contribution in [-0.2, 0) is 45.3 Å². The van der Waals surface area contributed by atoms with Crippen molar-refractivity contribution in [3.63, 3.8) is 0 Å². The van der Waals surface area contributed by atoms with E-state index in [0.717, 1.165) is 42.5 Å². The SMILES string of the molecule is COc1cc(-c2ccc(N/N=C3/C(=O)C(S(=O)(=O)O)=Cc4cc(S(=O)(=O)O)ccc43)c(OC)c2)ccc1N/N=C1/C(=O)c2c(N)cc(S(=O)(=O)O)cc2C=C1S(=O)(=O)O. The number of fused-ring (bicyclic) bond motifs is 2. The number of hydrogen-bond donors (Lipinski definition) is 7. The van der Waals surface area contributed by atoms with Gasteiger partial charge in [0.05, 0.1) is 40.9 Å². The quantitative estimate of drug-likeness (QED) is 0.0646. The van der Waals surface area contributed by atoms with Gasteiger partial charge in [0.25, 0.3) is 40.5 Å². The summed E-state index contributed by atoms with van der Waals surface area (Å²) in [6, 6.07) is 13.6. The molecular weight excluding hydrogens is 863 g/mol. The van der Waals surface area contributed by atoms with E-state index in [2.05, 4.69) is 21.1 Å². The molecule has 0 bridgehead atoms. The van der Waals surface area contributed by atoms with E-state index in [4.69, 9.17) is 15.2 Å². The average Bonchev–Trinajstić information content (AvgIpc) is 3.14. The first-order chi connectivity index (χ1) is 27.4. The number of benzene rings is 4. The smallest absolute Gasteiger partial charge is 0.298 e. The second-order valence-corrected chi connectivity index (χ2v) is 17.9. The highest BCUT2D eigenvalue weighted by Gasteiger charge is 2.36. The molecule has 4 aromatic carbocycles. The lowest BCUT2D eigenvalue weighted by Crippen LogP contribution is -2.28. The van der Waals surface area contributed by atoms with Crippen LogP contribution in [0.4, 0.5) is 17.1 Å². The van der Waals surface area contributed by atoms with Gasteiger partial charge in [-0.25, -0.2) is 0 Å². The van der Waals surface area contributed by atoms with Crippen molar-refractivity contribution in [2.24, 2.45) is 10.2 Å². The Morgan fingerprint density at radius 3 is 1.54 bits per heavy atom. The van der Waals surface area contributed by atoms with E-state index in [1.807, 2.05) is 0 Å². The van der Waals surface area contributed by atoms with Gasteiger partial charge in [-0.1, -0.05) is 18.2 Å². The number of nitrogens with zero attached hydrogens (tertiary/aromatic N) is 2. The summed E-state index contributed by atoms with van der Waals surface area (Å²) in [6.45, 7) is 0. The number of nitrogen functional groups attached to an aromatic ring is 1. The summed E-state index contributed by atoms with van der Waals surface area (Å²) < 4.78 is 145. The maximum Gasteiger partial charge on any atom is 0.298 e. The maximum absolute atomic E-state index is 13.4. The van der Waals surface area contributed by atoms with E-state index in [-0.39, 0.29) is 45.1 Å². The monoisotopic (exact) mass is 889 g/mol. The van der Waals surface area contributed by atoms with E-state index in [1.54, 1.807) is 12.1 Å². The van der Waals surface area contributed by atoms with Gasteiger partial charge in [-0.3, -0.25) is 38.7 Å². The molecule has 0 unspecified atom stereocenters. The van der Waals surface area contributed by atoms with E-state index in [1.165, 1.54) is 38.5 Å². The van der Waals surface area contributed by atoms with Crippen LogP contribution < -0.4 is 26.1 Å². The van der Waals surface area contributed by atoms with Crippen LogP contribution in [0.5, 0.6) is 11.5 Å². The van der Waals surface area contributed by atoms with Gasteiger partial charge < -0.3 is 15.2 Å². The molecule has 4 aromatic rings. The minimum Gasteiger partial charge on any atom is -0.494 e. The first-order valence-electron chi connectivity index (χ1n) is 16.0. The molecule has 308 valence electrons. The second kappa shape index (κ2) is 15.1. The third-order valence-corrected chi connectivity index (χ3v) is 12.0.